The van der Waals surface area contributed by atoms with Gasteiger partial charge in [-0.1, -0.05) is 6.07 Å². The van der Waals surface area contributed by atoms with Crippen LogP contribution in [-0.2, 0) is 4.79 Å². The molecule has 17 heavy (non-hydrogen) atoms. The Labute approximate surface area is 97.6 Å². The summed E-state index contributed by atoms with van der Waals surface area (Å²) in [5.74, 6) is 3.86. The Morgan fingerprint density at radius 2 is 2.29 bits per heavy atom. The Morgan fingerprint density at radius 3 is 2.82 bits per heavy atom. The maximum Gasteiger partial charge on any atom is 0.322 e. The lowest BCUT2D eigenvalue weighted by Gasteiger charge is -2.10. The molecule has 0 amide bonds. The normalized spacial score (nSPS) is 10.4. The van der Waals surface area contributed by atoms with Gasteiger partial charge in [0.25, 0.3) is 0 Å². The van der Waals surface area contributed by atoms with Crippen molar-refractivity contribution in [2.75, 3.05) is 11.9 Å². The van der Waals surface area contributed by atoms with Crippen molar-refractivity contribution in [2.45, 2.75) is 0 Å². The van der Waals surface area contributed by atoms with Crippen LogP contribution in [0.2, 0.25) is 0 Å². The van der Waals surface area contributed by atoms with Gasteiger partial charge in [-0.05, 0) is 17.7 Å². The molecule has 7 N–H and O–H groups in total. The zero-order valence-electron chi connectivity index (χ0n) is 8.97. The van der Waals surface area contributed by atoms with Crippen LogP contribution >= 0.6 is 0 Å². The summed E-state index contributed by atoms with van der Waals surface area (Å²) in [5, 5.41) is 22.0. The summed E-state index contributed by atoms with van der Waals surface area (Å²) in [6.45, 7) is -0.245. The van der Waals surface area contributed by atoms with E-state index in [4.69, 9.17) is 22.1 Å². The molecule has 0 bridgehead atoms. The Hall–Kier alpha value is -2.57. The summed E-state index contributed by atoms with van der Waals surface area (Å²) in [5.41, 5.74) is 6.97. The third-order valence-corrected chi connectivity index (χ3v) is 1.99. The number of aliphatic carboxylic acids is 1. The van der Waals surface area contributed by atoms with E-state index in [1.54, 1.807) is 18.2 Å². The molecular weight excluding hydrogens is 222 g/mol. The van der Waals surface area contributed by atoms with Gasteiger partial charge in [0.05, 0.1) is 6.21 Å². The minimum atomic E-state index is -0.993. The number of nitrogen functional groups attached to an aromatic ring is 1. The van der Waals surface area contributed by atoms with E-state index in [0.717, 1.165) is 0 Å². The van der Waals surface area contributed by atoms with E-state index in [0.29, 0.717) is 16.8 Å². The SMILES string of the molecule is N=C(N)c1cc(C=NN)ccc1NCC(=O)O. The topological polar surface area (TPSA) is 138 Å². The third-order valence-electron chi connectivity index (χ3n) is 1.99. The molecule has 0 fully saturated rings. The van der Waals surface area contributed by atoms with Gasteiger partial charge in [0.1, 0.15) is 12.4 Å². The summed E-state index contributed by atoms with van der Waals surface area (Å²) in [7, 11) is 0. The van der Waals surface area contributed by atoms with Gasteiger partial charge in [-0.2, -0.15) is 5.10 Å². The minimum Gasteiger partial charge on any atom is -0.480 e. The van der Waals surface area contributed by atoms with E-state index in [1.807, 2.05) is 0 Å². The molecule has 7 nitrogen and oxygen atoms in total. The second-order valence-electron chi connectivity index (χ2n) is 3.24. The van der Waals surface area contributed by atoms with Gasteiger partial charge in [-0.25, -0.2) is 0 Å². The number of carbonyl (C=O) groups is 1. The van der Waals surface area contributed by atoms with Crippen molar-refractivity contribution in [3.8, 4) is 0 Å². The Kier molecular flexibility index (Phi) is 4.04. The lowest BCUT2D eigenvalue weighted by Crippen LogP contribution is -2.18. The Bertz CT molecular complexity index is 470. The fraction of sp³-hybridized carbons (Fsp3) is 0.100. The van der Waals surface area contributed by atoms with Gasteiger partial charge in [0, 0.05) is 11.3 Å². The number of hydrazone groups is 1. The van der Waals surface area contributed by atoms with Gasteiger partial charge < -0.3 is 22.0 Å². The highest BCUT2D eigenvalue weighted by Crippen LogP contribution is 2.16. The number of benzene rings is 1. The van der Waals surface area contributed by atoms with Crippen molar-refractivity contribution in [1.29, 1.82) is 5.41 Å². The van der Waals surface area contributed by atoms with Gasteiger partial charge in [0.2, 0.25) is 0 Å². The summed E-state index contributed by atoms with van der Waals surface area (Å²) in [6, 6.07) is 4.91. The summed E-state index contributed by atoms with van der Waals surface area (Å²) < 4.78 is 0. The standard InChI is InChI=1S/C10H13N5O2/c11-10(12)7-3-6(4-15-13)1-2-8(7)14-5-9(16)17/h1-4,14H,5,13H2,(H3,11,12)(H,16,17). The number of hydrogen-bond acceptors (Lipinski definition) is 5. The van der Waals surface area contributed by atoms with Crippen LogP contribution in [0.1, 0.15) is 11.1 Å². The van der Waals surface area contributed by atoms with Crippen molar-refractivity contribution < 1.29 is 9.90 Å². The largest absolute Gasteiger partial charge is 0.480 e. The van der Waals surface area contributed by atoms with E-state index in [2.05, 4.69) is 10.4 Å². The molecule has 0 atom stereocenters. The second kappa shape index (κ2) is 5.50. The molecular formula is C10H13N5O2. The molecule has 1 rings (SSSR count). The summed E-state index contributed by atoms with van der Waals surface area (Å²) in [4.78, 5) is 10.4. The number of hydrogen-bond donors (Lipinski definition) is 5. The number of carboxylic acids is 1. The zero-order chi connectivity index (χ0) is 12.8. The van der Waals surface area contributed by atoms with Crippen LogP contribution in [0.15, 0.2) is 23.3 Å². The van der Waals surface area contributed by atoms with Crippen LogP contribution in [0.3, 0.4) is 0 Å². The molecule has 0 aliphatic rings. The van der Waals surface area contributed by atoms with Gasteiger partial charge >= 0.3 is 5.97 Å². The van der Waals surface area contributed by atoms with Crippen LogP contribution in [0.5, 0.6) is 0 Å². The molecule has 0 saturated carbocycles. The molecule has 0 heterocycles. The second-order valence-corrected chi connectivity index (χ2v) is 3.24. The van der Waals surface area contributed by atoms with Crippen molar-refractivity contribution >= 4 is 23.7 Å². The third kappa shape index (κ3) is 3.49. The minimum absolute atomic E-state index is 0.162. The highest BCUT2D eigenvalue weighted by molar-refractivity contribution is 6.02. The van der Waals surface area contributed by atoms with E-state index in [-0.39, 0.29) is 12.4 Å². The van der Waals surface area contributed by atoms with Crippen LogP contribution in [-0.4, -0.2) is 29.7 Å². The molecule has 0 spiro atoms. The average Bonchev–Trinajstić information content (AvgIpc) is 2.27. The lowest BCUT2D eigenvalue weighted by atomic mass is 10.1. The number of carboxylic acid groups (broad SMARTS) is 1. The lowest BCUT2D eigenvalue weighted by molar-refractivity contribution is -0.134. The fourth-order valence-corrected chi connectivity index (χ4v) is 1.28. The Balaban J connectivity index is 3.04. The predicted octanol–water partition coefficient (Wildman–Crippen LogP) is -0.240. The van der Waals surface area contributed by atoms with Crippen LogP contribution in [0, 0.1) is 5.41 Å². The van der Waals surface area contributed by atoms with E-state index in [1.165, 1.54) is 6.21 Å². The van der Waals surface area contributed by atoms with E-state index in [9.17, 15) is 4.79 Å². The molecule has 0 aliphatic carbocycles. The fourth-order valence-electron chi connectivity index (χ4n) is 1.28. The van der Waals surface area contributed by atoms with Crippen LogP contribution < -0.4 is 16.9 Å². The maximum atomic E-state index is 10.4. The Morgan fingerprint density at radius 1 is 1.59 bits per heavy atom. The molecule has 7 heteroatoms. The number of nitrogens with one attached hydrogen (secondary N) is 2. The molecule has 1 aromatic carbocycles. The molecule has 0 aromatic heterocycles. The summed E-state index contributed by atoms with van der Waals surface area (Å²) >= 11 is 0. The quantitative estimate of drug-likeness (QED) is 0.207. The van der Waals surface area contributed by atoms with Crippen LogP contribution in [0.4, 0.5) is 5.69 Å². The van der Waals surface area contributed by atoms with Crippen molar-refractivity contribution in [2.24, 2.45) is 16.7 Å². The molecule has 90 valence electrons. The van der Waals surface area contributed by atoms with Gasteiger partial charge in [-0.15, -0.1) is 0 Å². The zero-order valence-corrected chi connectivity index (χ0v) is 8.97. The number of amidine groups is 1. The number of rotatable bonds is 5. The van der Waals surface area contributed by atoms with Gasteiger partial charge in [-0.3, -0.25) is 10.2 Å². The van der Waals surface area contributed by atoms with Crippen molar-refractivity contribution in [1.82, 2.24) is 0 Å². The van der Waals surface area contributed by atoms with Gasteiger partial charge in [0.15, 0.2) is 0 Å². The monoisotopic (exact) mass is 235 g/mol. The molecule has 0 unspecified atom stereocenters. The first-order valence-corrected chi connectivity index (χ1v) is 4.72. The molecule has 0 saturated heterocycles. The predicted molar refractivity (Wildman–Crippen MR) is 65.4 cm³/mol. The van der Waals surface area contributed by atoms with Crippen molar-refractivity contribution in [3.63, 3.8) is 0 Å². The van der Waals surface area contributed by atoms with Crippen molar-refractivity contribution in [3.05, 3.63) is 29.3 Å². The average molecular weight is 235 g/mol. The highest BCUT2D eigenvalue weighted by Gasteiger charge is 2.07. The first-order chi connectivity index (χ1) is 8.04. The van der Waals surface area contributed by atoms with Crippen LogP contribution in [0.25, 0.3) is 0 Å². The molecule has 1 aromatic rings. The maximum absolute atomic E-state index is 10.4. The highest BCUT2D eigenvalue weighted by atomic mass is 16.4. The first kappa shape index (κ1) is 12.5. The number of anilines is 1. The van der Waals surface area contributed by atoms with E-state index < -0.39 is 5.97 Å². The first-order valence-electron chi connectivity index (χ1n) is 4.72. The summed E-state index contributed by atoms with van der Waals surface area (Å²) in [6.07, 6.45) is 1.41. The van der Waals surface area contributed by atoms with E-state index >= 15 is 0 Å². The number of nitrogens with two attached hydrogens (primary N) is 2. The molecule has 0 radical (unpaired) electrons. The number of nitrogens with zero attached hydrogens (tertiary/aromatic N) is 1. The molecule has 0 aliphatic heterocycles. The smallest absolute Gasteiger partial charge is 0.322 e.